The first kappa shape index (κ1) is 17.2. The van der Waals surface area contributed by atoms with Crippen molar-refractivity contribution in [3.8, 4) is 11.3 Å². The number of fused-ring (bicyclic) bond motifs is 1. The van der Waals surface area contributed by atoms with E-state index in [-0.39, 0.29) is 0 Å². The molecule has 0 bridgehead atoms. The lowest BCUT2D eigenvalue weighted by Crippen LogP contribution is -2.22. The molecule has 3 rings (SSSR count). The van der Waals surface area contributed by atoms with E-state index in [0.29, 0.717) is 6.54 Å². The molecule has 2 N–H and O–H groups in total. The van der Waals surface area contributed by atoms with Gasteiger partial charge in [0.25, 0.3) is 0 Å². The second-order valence-corrected chi connectivity index (χ2v) is 6.41. The minimum Gasteiger partial charge on any atom is -0.378 e. The summed E-state index contributed by atoms with van der Waals surface area (Å²) in [6.07, 6.45) is 2.76. The van der Waals surface area contributed by atoms with E-state index >= 15 is 0 Å². The van der Waals surface area contributed by atoms with Crippen LogP contribution in [0.5, 0.6) is 0 Å². The van der Waals surface area contributed by atoms with E-state index in [1.165, 1.54) is 5.69 Å². The van der Waals surface area contributed by atoms with Crippen molar-refractivity contribution >= 4 is 22.4 Å². The van der Waals surface area contributed by atoms with Crippen molar-refractivity contribution < 1.29 is 0 Å². The number of rotatable bonds is 6. The zero-order valence-corrected chi connectivity index (χ0v) is 15.1. The summed E-state index contributed by atoms with van der Waals surface area (Å²) in [7, 11) is 6.14. The van der Waals surface area contributed by atoms with Gasteiger partial charge in [-0.1, -0.05) is 12.1 Å². The van der Waals surface area contributed by atoms with Crippen LogP contribution >= 0.6 is 0 Å². The molecule has 5 nitrogen and oxygen atoms in total. The van der Waals surface area contributed by atoms with Gasteiger partial charge in [-0.3, -0.25) is 4.98 Å². The van der Waals surface area contributed by atoms with E-state index in [1.807, 2.05) is 26.4 Å². The fourth-order valence-electron chi connectivity index (χ4n) is 2.86. The molecule has 0 aliphatic heterocycles. The molecule has 1 aromatic carbocycles. The monoisotopic (exact) mass is 335 g/mol. The number of hydrogen-bond donors (Lipinski definition) is 1. The van der Waals surface area contributed by atoms with Crippen molar-refractivity contribution in [3.05, 3.63) is 48.7 Å². The van der Waals surface area contributed by atoms with Gasteiger partial charge in [-0.2, -0.15) is 0 Å². The van der Waals surface area contributed by atoms with E-state index < -0.39 is 0 Å². The van der Waals surface area contributed by atoms with Gasteiger partial charge in [0.15, 0.2) is 0 Å². The normalized spacial score (nSPS) is 10.9. The number of benzene rings is 1. The van der Waals surface area contributed by atoms with E-state index in [1.54, 1.807) is 0 Å². The fourth-order valence-corrected chi connectivity index (χ4v) is 2.86. The average molecular weight is 335 g/mol. The summed E-state index contributed by atoms with van der Waals surface area (Å²) in [5, 5.41) is 1.07. The number of hydrogen-bond acceptors (Lipinski definition) is 5. The standard InChI is InChI=1S/C20H25N5/c1-24(2)16-9-7-15(8-10-16)18-14-19-17(6-4-12-22-19)20(23-18)25(3)13-5-11-21/h4,6-10,12,14H,5,11,13,21H2,1-3H3. The molecular weight excluding hydrogens is 310 g/mol. The van der Waals surface area contributed by atoms with E-state index in [9.17, 15) is 0 Å². The van der Waals surface area contributed by atoms with Crippen molar-refractivity contribution in [2.45, 2.75) is 6.42 Å². The van der Waals surface area contributed by atoms with Gasteiger partial charge in [-0.25, -0.2) is 4.98 Å². The van der Waals surface area contributed by atoms with Gasteiger partial charge in [0.05, 0.1) is 11.2 Å². The molecule has 5 heteroatoms. The van der Waals surface area contributed by atoms with Gasteiger partial charge in [0.2, 0.25) is 0 Å². The highest BCUT2D eigenvalue weighted by Crippen LogP contribution is 2.29. The molecule has 0 unspecified atom stereocenters. The van der Waals surface area contributed by atoms with Crippen molar-refractivity contribution in [1.82, 2.24) is 9.97 Å². The summed E-state index contributed by atoms with van der Waals surface area (Å²) in [4.78, 5) is 13.7. The summed E-state index contributed by atoms with van der Waals surface area (Å²) in [5.41, 5.74) is 9.82. The Bertz CT molecular complexity index is 842. The second-order valence-electron chi connectivity index (χ2n) is 6.41. The summed E-state index contributed by atoms with van der Waals surface area (Å²) in [5.74, 6) is 0.950. The highest BCUT2D eigenvalue weighted by molar-refractivity contribution is 5.92. The Morgan fingerprint density at radius 3 is 2.48 bits per heavy atom. The van der Waals surface area contributed by atoms with Crippen LogP contribution in [-0.2, 0) is 0 Å². The maximum Gasteiger partial charge on any atom is 0.138 e. The number of nitrogens with two attached hydrogens (primary N) is 1. The molecule has 25 heavy (non-hydrogen) atoms. The molecular formula is C20H25N5. The molecule has 0 radical (unpaired) electrons. The second kappa shape index (κ2) is 7.49. The Labute approximate surface area is 149 Å². The molecule has 0 spiro atoms. The van der Waals surface area contributed by atoms with Crippen LogP contribution in [0, 0.1) is 0 Å². The molecule has 0 atom stereocenters. The van der Waals surface area contributed by atoms with Crippen LogP contribution in [0.3, 0.4) is 0 Å². The third kappa shape index (κ3) is 3.72. The molecule has 2 aromatic heterocycles. The van der Waals surface area contributed by atoms with Crippen molar-refractivity contribution in [2.24, 2.45) is 5.73 Å². The summed E-state index contributed by atoms with van der Waals surface area (Å²) in [6, 6.07) is 14.5. The van der Waals surface area contributed by atoms with Crippen molar-refractivity contribution in [3.63, 3.8) is 0 Å². The van der Waals surface area contributed by atoms with E-state index in [4.69, 9.17) is 10.7 Å². The largest absolute Gasteiger partial charge is 0.378 e. The molecule has 0 amide bonds. The maximum absolute atomic E-state index is 5.66. The van der Waals surface area contributed by atoms with Crippen molar-refractivity contribution in [2.75, 3.05) is 44.0 Å². The minimum atomic E-state index is 0.673. The fraction of sp³-hybridized carbons (Fsp3) is 0.300. The molecule has 130 valence electrons. The molecule has 0 aliphatic rings. The summed E-state index contributed by atoms with van der Waals surface area (Å²) < 4.78 is 0. The number of aromatic nitrogens is 2. The van der Waals surface area contributed by atoms with Gasteiger partial charge in [-0.15, -0.1) is 0 Å². The molecule has 3 aromatic rings. The third-order valence-electron chi connectivity index (χ3n) is 4.32. The van der Waals surface area contributed by atoms with Gasteiger partial charge < -0.3 is 15.5 Å². The Balaban J connectivity index is 2.06. The molecule has 0 saturated heterocycles. The Morgan fingerprint density at radius 2 is 1.80 bits per heavy atom. The van der Waals surface area contributed by atoms with E-state index in [2.05, 4.69) is 58.2 Å². The van der Waals surface area contributed by atoms with Crippen LogP contribution in [0.4, 0.5) is 11.5 Å². The van der Waals surface area contributed by atoms with Gasteiger partial charge in [0.1, 0.15) is 5.82 Å². The van der Waals surface area contributed by atoms with Crippen LogP contribution in [0.1, 0.15) is 6.42 Å². The third-order valence-corrected chi connectivity index (χ3v) is 4.32. The van der Waals surface area contributed by atoms with Gasteiger partial charge in [-0.05, 0) is 43.3 Å². The smallest absolute Gasteiger partial charge is 0.138 e. The van der Waals surface area contributed by atoms with Gasteiger partial charge >= 0.3 is 0 Å². The first-order valence-corrected chi connectivity index (χ1v) is 8.55. The highest BCUT2D eigenvalue weighted by atomic mass is 15.2. The molecule has 0 saturated carbocycles. The summed E-state index contributed by atoms with van der Waals surface area (Å²) >= 11 is 0. The van der Waals surface area contributed by atoms with Crippen molar-refractivity contribution in [1.29, 1.82) is 0 Å². The first-order chi connectivity index (χ1) is 12.1. The van der Waals surface area contributed by atoms with Crippen LogP contribution in [0.2, 0.25) is 0 Å². The van der Waals surface area contributed by atoms with Crippen LogP contribution in [-0.4, -0.2) is 44.2 Å². The quantitative estimate of drug-likeness (QED) is 0.750. The number of anilines is 2. The highest BCUT2D eigenvalue weighted by Gasteiger charge is 2.12. The van der Waals surface area contributed by atoms with Crippen LogP contribution in [0.15, 0.2) is 48.7 Å². The zero-order chi connectivity index (χ0) is 17.8. The lowest BCUT2D eigenvalue weighted by atomic mass is 10.1. The lowest BCUT2D eigenvalue weighted by molar-refractivity contribution is 0.789. The Kier molecular flexibility index (Phi) is 5.14. The van der Waals surface area contributed by atoms with Gasteiger partial charge in [0, 0.05) is 50.5 Å². The Hall–Kier alpha value is -2.66. The number of pyridine rings is 2. The predicted molar refractivity (Wildman–Crippen MR) is 106 cm³/mol. The summed E-state index contributed by atoms with van der Waals surface area (Å²) in [6.45, 7) is 1.54. The number of nitrogens with zero attached hydrogens (tertiary/aromatic N) is 4. The lowest BCUT2D eigenvalue weighted by Gasteiger charge is -2.20. The molecule has 2 heterocycles. The molecule has 0 aliphatic carbocycles. The maximum atomic E-state index is 5.66. The molecule has 0 fully saturated rings. The first-order valence-electron chi connectivity index (χ1n) is 8.55. The van der Waals surface area contributed by atoms with Crippen LogP contribution < -0.4 is 15.5 Å². The zero-order valence-electron chi connectivity index (χ0n) is 15.1. The predicted octanol–water partition coefficient (Wildman–Crippen LogP) is 3.15. The minimum absolute atomic E-state index is 0.673. The van der Waals surface area contributed by atoms with E-state index in [0.717, 1.165) is 40.9 Å². The average Bonchev–Trinajstić information content (AvgIpc) is 2.65. The van der Waals surface area contributed by atoms with Crippen LogP contribution in [0.25, 0.3) is 22.2 Å². The topological polar surface area (TPSA) is 58.3 Å². The Morgan fingerprint density at radius 1 is 1.04 bits per heavy atom. The SMILES string of the molecule is CN(C)c1ccc(-c2cc3ncccc3c(N(C)CCCN)n2)cc1.